The van der Waals surface area contributed by atoms with E-state index in [1.165, 1.54) is 0 Å². The van der Waals surface area contributed by atoms with Crippen molar-refractivity contribution >= 4 is 0 Å². The van der Waals surface area contributed by atoms with Gasteiger partial charge < -0.3 is 18.9 Å². The lowest BCUT2D eigenvalue weighted by Gasteiger charge is -2.30. The minimum Gasteiger partial charge on any atom is -0.453 e. The summed E-state index contributed by atoms with van der Waals surface area (Å²) >= 11 is 0. The second-order valence-corrected chi connectivity index (χ2v) is 7.37. The van der Waals surface area contributed by atoms with Gasteiger partial charge in [-0.1, -0.05) is 13.3 Å². The quantitative estimate of drug-likeness (QED) is 0.292. The summed E-state index contributed by atoms with van der Waals surface area (Å²) in [5, 5.41) is 0. The van der Waals surface area contributed by atoms with Gasteiger partial charge in [-0.15, -0.1) is 0 Å². The van der Waals surface area contributed by atoms with Gasteiger partial charge in [-0.05, 0) is 18.6 Å². The molecule has 0 saturated carbocycles. The Morgan fingerprint density at radius 3 is 2.03 bits per heavy atom. The van der Waals surface area contributed by atoms with E-state index in [1.54, 1.807) is 0 Å². The van der Waals surface area contributed by atoms with Crippen LogP contribution < -0.4 is 9.47 Å². The van der Waals surface area contributed by atoms with Crippen LogP contribution in [0.5, 0.6) is 11.5 Å². The molecule has 0 amide bonds. The van der Waals surface area contributed by atoms with Crippen molar-refractivity contribution in [1.29, 1.82) is 0 Å². The Labute approximate surface area is 188 Å². The van der Waals surface area contributed by atoms with E-state index in [1.807, 2.05) is 6.92 Å². The molecule has 34 heavy (non-hydrogen) atoms. The van der Waals surface area contributed by atoms with Crippen molar-refractivity contribution in [3.05, 3.63) is 71.0 Å². The van der Waals surface area contributed by atoms with Crippen LogP contribution in [-0.2, 0) is 15.6 Å². The molecule has 1 aliphatic heterocycles. The van der Waals surface area contributed by atoms with E-state index >= 15 is 0 Å². The monoisotopic (exact) mass is 498 g/mol. The van der Waals surface area contributed by atoms with Gasteiger partial charge in [-0.2, -0.15) is 17.6 Å². The van der Waals surface area contributed by atoms with Crippen LogP contribution in [0, 0.1) is 29.2 Å². The molecular formula is C22H18F8O4. The van der Waals surface area contributed by atoms with Crippen LogP contribution in [0.1, 0.15) is 37.2 Å². The average Bonchev–Trinajstić information content (AvgIpc) is 2.72. The second kappa shape index (κ2) is 10.6. The maximum atomic E-state index is 14.5. The van der Waals surface area contributed by atoms with Crippen LogP contribution in [0.25, 0.3) is 0 Å². The molecule has 1 aliphatic rings. The number of hydrogen-bond donors (Lipinski definition) is 0. The molecule has 0 bridgehead atoms. The molecule has 1 saturated heterocycles. The Kier molecular flexibility index (Phi) is 8.03. The first-order valence-electron chi connectivity index (χ1n) is 9.98. The minimum atomic E-state index is -4.71. The van der Waals surface area contributed by atoms with Gasteiger partial charge in [0.25, 0.3) is 0 Å². The molecular weight excluding hydrogens is 480 g/mol. The van der Waals surface area contributed by atoms with Crippen LogP contribution in [0.4, 0.5) is 35.1 Å². The minimum absolute atomic E-state index is 0.0950. The summed E-state index contributed by atoms with van der Waals surface area (Å²) < 4.78 is 129. The standard InChI is InChI=1S/C22H18F8O4/c1-2-3-11-8-32-21(33-9-11)12-4-14(23)19(15(24)5-12)22(29,30)34-13-6-16(25)20(17(26)7-13)31-10-18(27)28/h4-7,10-11,21H,2-3,8-9H2,1H3. The topological polar surface area (TPSA) is 36.9 Å². The number of benzene rings is 2. The first-order chi connectivity index (χ1) is 16.0. The molecule has 0 unspecified atom stereocenters. The summed E-state index contributed by atoms with van der Waals surface area (Å²) in [7, 11) is 0. The maximum absolute atomic E-state index is 14.5. The Balaban J connectivity index is 1.81. The molecule has 4 nitrogen and oxygen atoms in total. The number of ether oxygens (including phenoxy) is 4. The zero-order chi connectivity index (χ0) is 25.0. The van der Waals surface area contributed by atoms with Crippen molar-refractivity contribution in [2.45, 2.75) is 32.2 Å². The molecule has 0 aromatic heterocycles. The molecule has 3 rings (SSSR count). The van der Waals surface area contributed by atoms with E-state index < -0.39 is 58.8 Å². The fraction of sp³-hybridized carbons (Fsp3) is 0.364. The highest BCUT2D eigenvalue weighted by atomic mass is 19.3. The molecule has 1 heterocycles. The van der Waals surface area contributed by atoms with Crippen molar-refractivity contribution in [2.75, 3.05) is 13.2 Å². The molecule has 0 aliphatic carbocycles. The van der Waals surface area contributed by atoms with Crippen LogP contribution in [0.15, 0.2) is 36.6 Å². The third kappa shape index (κ3) is 5.98. The van der Waals surface area contributed by atoms with Crippen LogP contribution in [0.2, 0.25) is 0 Å². The molecule has 0 radical (unpaired) electrons. The highest BCUT2D eigenvalue weighted by Crippen LogP contribution is 2.39. The number of hydrogen-bond acceptors (Lipinski definition) is 4. The van der Waals surface area contributed by atoms with E-state index in [4.69, 9.17) is 9.47 Å². The van der Waals surface area contributed by atoms with E-state index in [2.05, 4.69) is 9.47 Å². The highest BCUT2D eigenvalue weighted by Gasteiger charge is 2.42. The summed E-state index contributed by atoms with van der Waals surface area (Å²) in [6.45, 7) is 2.48. The Morgan fingerprint density at radius 2 is 1.53 bits per heavy atom. The first-order valence-corrected chi connectivity index (χ1v) is 9.98. The summed E-state index contributed by atoms with van der Waals surface area (Å²) in [5.74, 6) is -9.18. The van der Waals surface area contributed by atoms with Crippen molar-refractivity contribution in [3.63, 3.8) is 0 Å². The van der Waals surface area contributed by atoms with Crippen LogP contribution in [-0.4, -0.2) is 13.2 Å². The molecule has 0 N–H and O–H groups in total. The van der Waals surface area contributed by atoms with Crippen molar-refractivity contribution < 1.29 is 54.1 Å². The van der Waals surface area contributed by atoms with Gasteiger partial charge in [0.15, 0.2) is 29.9 Å². The van der Waals surface area contributed by atoms with Crippen LogP contribution >= 0.6 is 0 Å². The number of halogens is 8. The van der Waals surface area contributed by atoms with E-state index in [-0.39, 0.29) is 43.1 Å². The SMILES string of the molecule is CCCC1COC(c2cc(F)c(C(F)(F)Oc3cc(F)c(OC=C(F)F)c(F)c3)c(F)c2)OC1. The predicted molar refractivity (Wildman–Crippen MR) is 101 cm³/mol. The van der Waals surface area contributed by atoms with E-state index in [0.29, 0.717) is 12.1 Å². The van der Waals surface area contributed by atoms with Crippen molar-refractivity contribution in [1.82, 2.24) is 0 Å². The van der Waals surface area contributed by atoms with Gasteiger partial charge >= 0.3 is 12.2 Å². The third-order valence-electron chi connectivity index (χ3n) is 4.77. The Bertz CT molecular complexity index is 1000. The van der Waals surface area contributed by atoms with Gasteiger partial charge in [0.1, 0.15) is 22.9 Å². The molecule has 12 heteroatoms. The largest absolute Gasteiger partial charge is 0.453 e. The van der Waals surface area contributed by atoms with Gasteiger partial charge in [0.2, 0.25) is 0 Å². The van der Waals surface area contributed by atoms with Crippen molar-refractivity contribution in [2.24, 2.45) is 5.92 Å². The summed E-state index contributed by atoms with van der Waals surface area (Å²) in [6, 6.07) is 1.51. The van der Waals surface area contributed by atoms with Crippen LogP contribution in [0.3, 0.4) is 0 Å². The molecule has 186 valence electrons. The fourth-order valence-electron chi connectivity index (χ4n) is 3.33. The van der Waals surface area contributed by atoms with Gasteiger partial charge in [0.05, 0.1) is 13.2 Å². The first kappa shape index (κ1) is 25.8. The normalized spacial score (nSPS) is 18.5. The Morgan fingerprint density at radius 1 is 0.971 bits per heavy atom. The average molecular weight is 498 g/mol. The zero-order valence-electron chi connectivity index (χ0n) is 17.5. The number of rotatable bonds is 8. The second-order valence-electron chi connectivity index (χ2n) is 7.37. The lowest BCUT2D eigenvalue weighted by molar-refractivity contribution is -0.206. The van der Waals surface area contributed by atoms with Gasteiger partial charge in [0, 0.05) is 23.6 Å². The fourth-order valence-corrected chi connectivity index (χ4v) is 3.33. The summed E-state index contributed by atoms with van der Waals surface area (Å²) in [4.78, 5) is 0. The summed E-state index contributed by atoms with van der Waals surface area (Å²) in [5.41, 5.74) is -2.00. The Hall–Kier alpha value is -2.86. The van der Waals surface area contributed by atoms with Gasteiger partial charge in [-0.25, -0.2) is 17.6 Å². The molecule has 2 aromatic rings. The lowest BCUT2D eigenvalue weighted by atomic mass is 10.0. The third-order valence-corrected chi connectivity index (χ3v) is 4.77. The maximum Gasteiger partial charge on any atom is 0.432 e. The predicted octanol–water partition coefficient (Wildman–Crippen LogP) is 6.95. The number of alkyl halides is 2. The van der Waals surface area contributed by atoms with E-state index in [0.717, 1.165) is 12.8 Å². The van der Waals surface area contributed by atoms with Crippen molar-refractivity contribution in [3.8, 4) is 11.5 Å². The molecule has 0 spiro atoms. The smallest absolute Gasteiger partial charge is 0.432 e. The molecule has 1 fully saturated rings. The molecule has 2 aromatic carbocycles. The van der Waals surface area contributed by atoms with Gasteiger partial charge in [-0.3, -0.25) is 0 Å². The highest BCUT2D eigenvalue weighted by molar-refractivity contribution is 5.37. The zero-order valence-corrected chi connectivity index (χ0v) is 17.5. The summed E-state index contributed by atoms with van der Waals surface area (Å²) in [6.07, 6.45) is -6.86. The molecule has 0 atom stereocenters. The lowest BCUT2D eigenvalue weighted by Crippen LogP contribution is -2.28. The van der Waals surface area contributed by atoms with E-state index in [9.17, 15) is 35.1 Å².